The third-order valence-corrected chi connectivity index (χ3v) is 6.10. The maximum Gasteiger partial charge on any atom is 0.253 e. The van der Waals surface area contributed by atoms with Gasteiger partial charge in [-0.05, 0) is 54.6 Å². The van der Waals surface area contributed by atoms with Crippen LogP contribution in [-0.2, 0) is 0 Å². The molecule has 3 heterocycles. The number of nitrogens with zero attached hydrogens (tertiary/aromatic N) is 4. The molecule has 0 spiro atoms. The summed E-state index contributed by atoms with van der Waals surface area (Å²) < 4.78 is 3.18. The summed E-state index contributed by atoms with van der Waals surface area (Å²) in [5.74, 6) is 1.00. The summed E-state index contributed by atoms with van der Waals surface area (Å²) in [6.07, 6.45) is 2.07. The van der Waals surface area contributed by atoms with Crippen LogP contribution in [0.25, 0.3) is 16.6 Å². The molecule has 2 aromatic carbocycles. The van der Waals surface area contributed by atoms with E-state index in [0.717, 1.165) is 39.9 Å². The second-order valence-electron chi connectivity index (χ2n) is 7.12. The summed E-state index contributed by atoms with van der Waals surface area (Å²) in [5, 5.41) is 0.636. The van der Waals surface area contributed by atoms with Crippen molar-refractivity contribution in [3.05, 3.63) is 75.9 Å². The Balaban J connectivity index is 1.41. The summed E-state index contributed by atoms with van der Waals surface area (Å²) in [7, 11) is 0. The molecule has 146 valence electrons. The number of rotatable bonds is 2. The first-order valence-electron chi connectivity index (χ1n) is 9.46. The lowest BCUT2D eigenvalue weighted by atomic mass is 10.2. The van der Waals surface area contributed by atoms with E-state index >= 15 is 0 Å². The normalized spacial score (nSPS) is 14.7. The van der Waals surface area contributed by atoms with Gasteiger partial charge in [0.15, 0.2) is 5.82 Å². The highest BCUT2D eigenvalue weighted by molar-refractivity contribution is 9.10. The molecule has 2 aromatic heterocycles. The Morgan fingerprint density at radius 2 is 1.72 bits per heavy atom. The van der Waals surface area contributed by atoms with Crippen LogP contribution in [0.4, 0.5) is 5.82 Å². The van der Waals surface area contributed by atoms with Crippen molar-refractivity contribution in [3.63, 3.8) is 0 Å². The van der Waals surface area contributed by atoms with Gasteiger partial charge >= 0.3 is 0 Å². The van der Waals surface area contributed by atoms with E-state index in [1.54, 1.807) is 24.3 Å². The molecule has 0 saturated carbocycles. The third kappa shape index (κ3) is 3.36. The number of halogens is 2. The summed E-state index contributed by atoms with van der Waals surface area (Å²) in [5.41, 5.74) is 3.77. The van der Waals surface area contributed by atoms with Gasteiger partial charge in [-0.15, -0.1) is 0 Å². The molecule has 1 aliphatic rings. The predicted molar refractivity (Wildman–Crippen MR) is 120 cm³/mol. The first-order valence-corrected chi connectivity index (χ1v) is 10.6. The molecular weight excluding hydrogens is 452 g/mol. The van der Waals surface area contributed by atoms with E-state index in [0.29, 0.717) is 23.7 Å². The maximum absolute atomic E-state index is 12.8. The predicted octanol–water partition coefficient (Wildman–Crippen LogP) is 4.87. The molecule has 0 bridgehead atoms. The van der Waals surface area contributed by atoms with Crippen LogP contribution in [0, 0.1) is 0 Å². The molecule has 7 heteroatoms. The average molecular weight is 470 g/mol. The Bertz CT molecular complexity index is 1210. The van der Waals surface area contributed by atoms with Crippen molar-refractivity contribution in [2.75, 3.05) is 31.1 Å². The maximum atomic E-state index is 12.8. The van der Waals surface area contributed by atoms with Crippen LogP contribution in [-0.4, -0.2) is 46.4 Å². The number of carbonyl (C=O) groups is 1. The van der Waals surface area contributed by atoms with Gasteiger partial charge in [-0.3, -0.25) is 4.79 Å². The highest BCUT2D eigenvalue weighted by atomic mass is 79.9. The van der Waals surface area contributed by atoms with Gasteiger partial charge < -0.3 is 14.2 Å². The molecule has 0 radical (unpaired) electrons. The van der Waals surface area contributed by atoms with E-state index < -0.39 is 0 Å². The molecule has 0 atom stereocenters. The van der Waals surface area contributed by atoms with Gasteiger partial charge in [0.25, 0.3) is 5.91 Å². The molecule has 1 saturated heterocycles. The van der Waals surface area contributed by atoms with Gasteiger partial charge in [-0.2, -0.15) is 0 Å². The van der Waals surface area contributed by atoms with E-state index in [1.165, 1.54) is 0 Å². The second-order valence-corrected chi connectivity index (χ2v) is 8.47. The monoisotopic (exact) mass is 468 g/mol. The largest absolute Gasteiger partial charge is 0.351 e. The summed E-state index contributed by atoms with van der Waals surface area (Å²) in [6, 6.07) is 17.4. The Labute approximate surface area is 181 Å². The minimum absolute atomic E-state index is 0.0459. The van der Waals surface area contributed by atoms with E-state index in [-0.39, 0.29) is 5.91 Å². The number of piperazine rings is 1. The fraction of sp³-hybridized carbons (Fsp3) is 0.182. The molecule has 29 heavy (non-hydrogen) atoms. The van der Waals surface area contributed by atoms with Gasteiger partial charge in [0.05, 0.1) is 16.6 Å². The lowest BCUT2D eigenvalue weighted by molar-refractivity contribution is 0.0746. The lowest BCUT2D eigenvalue weighted by Crippen LogP contribution is -2.49. The number of aromatic nitrogens is 2. The van der Waals surface area contributed by atoms with Gasteiger partial charge in [0, 0.05) is 47.4 Å². The minimum Gasteiger partial charge on any atom is -0.351 e. The highest BCUT2D eigenvalue weighted by Gasteiger charge is 2.24. The first kappa shape index (κ1) is 18.5. The van der Waals surface area contributed by atoms with E-state index in [2.05, 4.69) is 43.6 Å². The van der Waals surface area contributed by atoms with Crippen molar-refractivity contribution in [1.82, 2.24) is 14.3 Å². The first-order chi connectivity index (χ1) is 14.1. The Morgan fingerprint density at radius 1 is 0.966 bits per heavy atom. The van der Waals surface area contributed by atoms with Crippen LogP contribution in [0.2, 0.25) is 5.02 Å². The molecule has 5 rings (SSSR count). The van der Waals surface area contributed by atoms with Gasteiger partial charge in [-0.1, -0.05) is 27.5 Å². The fourth-order valence-electron chi connectivity index (χ4n) is 3.86. The zero-order chi connectivity index (χ0) is 20.0. The molecule has 0 unspecified atom stereocenters. The topological polar surface area (TPSA) is 40.9 Å². The smallest absolute Gasteiger partial charge is 0.253 e. The number of amides is 1. The van der Waals surface area contributed by atoms with Crippen LogP contribution < -0.4 is 4.90 Å². The van der Waals surface area contributed by atoms with Gasteiger partial charge in [0.2, 0.25) is 0 Å². The molecule has 0 N–H and O–H groups in total. The second kappa shape index (κ2) is 7.35. The van der Waals surface area contributed by atoms with E-state index in [1.807, 2.05) is 23.1 Å². The zero-order valence-corrected chi connectivity index (χ0v) is 17.9. The highest BCUT2D eigenvalue weighted by Crippen LogP contribution is 2.28. The average Bonchev–Trinajstić information content (AvgIpc) is 3.23. The number of benzene rings is 2. The van der Waals surface area contributed by atoms with Crippen molar-refractivity contribution in [2.45, 2.75) is 0 Å². The molecule has 1 fully saturated rings. The number of anilines is 1. The fourth-order valence-corrected chi connectivity index (χ4v) is 4.34. The van der Waals surface area contributed by atoms with Crippen LogP contribution in [0.1, 0.15) is 10.4 Å². The van der Waals surface area contributed by atoms with Crippen molar-refractivity contribution in [2.24, 2.45) is 0 Å². The number of carbonyl (C=O) groups excluding carboxylic acids is 1. The molecule has 1 amide bonds. The Morgan fingerprint density at radius 3 is 2.48 bits per heavy atom. The van der Waals surface area contributed by atoms with Crippen LogP contribution in [0.15, 0.2) is 65.3 Å². The third-order valence-electron chi connectivity index (χ3n) is 5.36. The minimum atomic E-state index is 0.0459. The van der Waals surface area contributed by atoms with Crippen LogP contribution in [0.3, 0.4) is 0 Å². The Hall–Kier alpha value is -2.57. The van der Waals surface area contributed by atoms with E-state index in [9.17, 15) is 4.79 Å². The van der Waals surface area contributed by atoms with Crippen molar-refractivity contribution < 1.29 is 4.79 Å². The number of hydrogen-bond acceptors (Lipinski definition) is 3. The van der Waals surface area contributed by atoms with Crippen LogP contribution >= 0.6 is 27.5 Å². The SMILES string of the molecule is O=C(c1ccc(Cl)cc1)N1CCN(c2nc3cc(Br)ccc3n3cccc23)CC1. The molecule has 5 nitrogen and oxygen atoms in total. The summed E-state index contributed by atoms with van der Waals surface area (Å²) in [4.78, 5) is 21.9. The Kier molecular flexibility index (Phi) is 4.68. The molecular formula is C22H18BrClN4O. The van der Waals surface area contributed by atoms with Crippen molar-refractivity contribution in [1.29, 1.82) is 0 Å². The molecule has 1 aliphatic heterocycles. The van der Waals surface area contributed by atoms with Crippen molar-refractivity contribution in [3.8, 4) is 0 Å². The molecule has 4 aromatic rings. The number of hydrogen-bond donors (Lipinski definition) is 0. The lowest BCUT2D eigenvalue weighted by Gasteiger charge is -2.36. The summed E-state index contributed by atoms with van der Waals surface area (Å²) in [6.45, 7) is 2.80. The number of fused-ring (bicyclic) bond motifs is 3. The molecule has 0 aliphatic carbocycles. The van der Waals surface area contributed by atoms with Crippen LogP contribution in [0.5, 0.6) is 0 Å². The summed E-state index contributed by atoms with van der Waals surface area (Å²) >= 11 is 9.48. The van der Waals surface area contributed by atoms with E-state index in [4.69, 9.17) is 16.6 Å². The standard InChI is InChI=1S/C22H18BrClN4O/c23-16-5-8-19-18(14-16)25-21(20-2-1-9-28(19)20)26-10-12-27(13-11-26)22(29)15-3-6-17(24)7-4-15/h1-9,14H,10-13H2. The van der Waals surface area contributed by atoms with Crippen molar-refractivity contribution >= 4 is 55.8 Å². The van der Waals surface area contributed by atoms with Gasteiger partial charge in [-0.25, -0.2) is 4.98 Å². The quantitative estimate of drug-likeness (QED) is 0.421. The zero-order valence-electron chi connectivity index (χ0n) is 15.6. The van der Waals surface area contributed by atoms with Gasteiger partial charge in [0.1, 0.15) is 0 Å².